The summed E-state index contributed by atoms with van der Waals surface area (Å²) < 4.78 is 9.29. The molecule has 1 unspecified atom stereocenters. The van der Waals surface area contributed by atoms with Gasteiger partial charge in [0.15, 0.2) is 0 Å². The van der Waals surface area contributed by atoms with Gasteiger partial charge in [0, 0.05) is 27.1 Å². The van der Waals surface area contributed by atoms with Crippen LogP contribution in [0.15, 0.2) is 203 Å². The third-order valence-corrected chi connectivity index (χ3v) is 13.4. The standard InChI is InChI=1S/C58H40N2O/c1-2-12-37(13-3-1)38-25-27-40(28-26-38)52-22-11-21-45(44-20-10-17-39-14-6-7-18-43(39)44)50-30-36-24-29-46-48-32-41-15-4-5-16-42(41)33-54(48)60(53(46)31-36)55-34-49-47-19-8-9-23-56(47)61-57(49)35-51(55)58(50)59-52/h1-10,12-20,23-29,31-35,52H,11,21-22,30H2/b50-45+,59-58?. The summed E-state index contributed by atoms with van der Waals surface area (Å²) in [5, 5.41) is 9.76. The van der Waals surface area contributed by atoms with Crippen LogP contribution in [0.25, 0.3) is 87.7 Å². The molecule has 3 heteroatoms. The monoisotopic (exact) mass is 780 g/mol. The van der Waals surface area contributed by atoms with Crippen molar-refractivity contribution in [2.24, 2.45) is 4.99 Å². The lowest BCUT2D eigenvalue weighted by Gasteiger charge is -2.26. The molecule has 0 N–H and O–H groups in total. The minimum Gasteiger partial charge on any atom is -0.456 e. The van der Waals surface area contributed by atoms with E-state index in [0.29, 0.717) is 0 Å². The lowest BCUT2D eigenvalue weighted by atomic mass is 9.82. The number of allylic oxidation sites excluding steroid dienone is 2. The Kier molecular flexibility index (Phi) is 7.62. The third kappa shape index (κ3) is 5.47. The molecule has 2 bridgehead atoms. The number of hydrogen-bond donors (Lipinski definition) is 0. The Hall–Kier alpha value is -7.49. The molecule has 0 fully saturated rings. The molecule has 0 saturated carbocycles. The van der Waals surface area contributed by atoms with Crippen molar-refractivity contribution in [2.75, 3.05) is 0 Å². The molecule has 0 amide bonds. The fourth-order valence-electron chi connectivity index (χ4n) is 10.5. The Bertz CT molecular complexity index is 3630. The maximum Gasteiger partial charge on any atom is 0.136 e. The fourth-order valence-corrected chi connectivity index (χ4v) is 10.5. The first-order valence-corrected chi connectivity index (χ1v) is 21.6. The summed E-state index contributed by atoms with van der Waals surface area (Å²) in [7, 11) is 0. The summed E-state index contributed by atoms with van der Waals surface area (Å²) >= 11 is 0. The van der Waals surface area contributed by atoms with Gasteiger partial charge in [-0.15, -0.1) is 0 Å². The first kappa shape index (κ1) is 34.4. The maximum absolute atomic E-state index is 6.76. The zero-order valence-electron chi connectivity index (χ0n) is 33.6. The quantitative estimate of drug-likeness (QED) is 0.176. The van der Waals surface area contributed by atoms with E-state index >= 15 is 0 Å². The van der Waals surface area contributed by atoms with E-state index in [2.05, 4.69) is 193 Å². The molecule has 0 aliphatic carbocycles. The number of fused-ring (bicyclic) bond motifs is 13. The van der Waals surface area contributed by atoms with Gasteiger partial charge in [-0.3, -0.25) is 4.99 Å². The molecule has 2 aliphatic rings. The van der Waals surface area contributed by atoms with Gasteiger partial charge < -0.3 is 8.98 Å². The summed E-state index contributed by atoms with van der Waals surface area (Å²) in [4.78, 5) is 6.06. The van der Waals surface area contributed by atoms with Gasteiger partial charge in [-0.2, -0.15) is 0 Å². The van der Waals surface area contributed by atoms with Crippen molar-refractivity contribution in [2.45, 2.75) is 31.7 Å². The molecule has 61 heavy (non-hydrogen) atoms. The van der Waals surface area contributed by atoms with Crippen LogP contribution in [0.1, 0.15) is 47.6 Å². The molecule has 2 aliphatic heterocycles. The number of aromatic nitrogens is 1. The van der Waals surface area contributed by atoms with Crippen LogP contribution in [0.2, 0.25) is 0 Å². The van der Waals surface area contributed by atoms with Crippen LogP contribution < -0.4 is 0 Å². The highest BCUT2D eigenvalue weighted by Gasteiger charge is 2.29. The van der Waals surface area contributed by atoms with Crippen molar-refractivity contribution in [3.05, 3.63) is 216 Å². The predicted molar refractivity (Wildman–Crippen MR) is 255 cm³/mol. The molecule has 1 atom stereocenters. The molecular weight excluding hydrogens is 741 g/mol. The van der Waals surface area contributed by atoms with Crippen molar-refractivity contribution in [3.8, 4) is 16.8 Å². The molecule has 2 aromatic heterocycles. The predicted octanol–water partition coefficient (Wildman–Crippen LogP) is 15.4. The first-order chi connectivity index (χ1) is 30.2. The molecule has 0 spiro atoms. The average molecular weight is 781 g/mol. The van der Waals surface area contributed by atoms with Crippen LogP contribution in [-0.4, -0.2) is 10.3 Å². The van der Waals surface area contributed by atoms with Crippen LogP contribution in [0.5, 0.6) is 0 Å². The summed E-state index contributed by atoms with van der Waals surface area (Å²) in [5.41, 5.74) is 16.4. The molecule has 9 aromatic carbocycles. The highest BCUT2D eigenvalue weighted by Crippen LogP contribution is 2.45. The highest BCUT2D eigenvalue weighted by molar-refractivity contribution is 6.23. The Morgan fingerprint density at radius 2 is 1.20 bits per heavy atom. The van der Waals surface area contributed by atoms with E-state index in [0.717, 1.165) is 64.6 Å². The summed E-state index contributed by atoms with van der Waals surface area (Å²) in [5.74, 6) is 0. The Morgan fingerprint density at radius 3 is 2.07 bits per heavy atom. The number of nitrogens with zero attached hydrogens (tertiary/aromatic N) is 2. The van der Waals surface area contributed by atoms with Crippen molar-refractivity contribution >= 4 is 76.6 Å². The van der Waals surface area contributed by atoms with Crippen LogP contribution in [0, 0.1) is 0 Å². The topological polar surface area (TPSA) is 30.4 Å². The zero-order valence-corrected chi connectivity index (χ0v) is 33.6. The van der Waals surface area contributed by atoms with Crippen molar-refractivity contribution in [1.29, 1.82) is 0 Å². The maximum atomic E-state index is 6.76. The zero-order chi connectivity index (χ0) is 40.0. The smallest absolute Gasteiger partial charge is 0.136 e. The van der Waals surface area contributed by atoms with E-state index in [1.807, 2.05) is 0 Å². The van der Waals surface area contributed by atoms with E-state index in [4.69, 9.17) is 9.41 Å². The average Bonchev–Trinajstić information content (AvgIpc) is 3.83. The van der Waals surface area contributed by atoms with Gasteiger partial charge in [-0.05, 0) is 123 Å². The van der Waals surface area contributed by atoms with Gasteiger partial charge in [0.25, 0.3) is 0 Å². The van der Waals surface area contributed by atoms with Crippen molar-refractivity contribution < 1.29 is 4.42 Å². The van der Waals surface area contributed by atoms with Crippen molar-refractivity contribution in [3.63, 3.8) is 0 Å². The second-order valence-electron chi connectivity index (χ2n) is 16.9. The van der Waals surface area contributed by atoms with Crippen LogP contribution >= 0.6 is 0 Å². The largest absolute Gasteiger partial charge is 0.456 e. The minimum atomic E-state index is -0.0302. The van der Waals surface area contributed by atoms with E-state index in [9.17, 15) is 0 Å². The Morgan fingerprint density at radius 1 is 0.475 bits per heavy atom. The number of hydrogen-bond acceptors (Lipinski definition) is 2. The lowest BCUT2D eigenvalue weighted by Crippen LogP contribution is -2.17. The van der Waals surface area contributed by atoms with Crippen LogP contribution in [0.3, 0.4) is 0 Å². The summed E-state index contributed by atoms with van der Waals surface area (Å²) in [6.45, 7) is 0. The van der Waals surface area contributed by atoms with Gasteiger partial charge in [0.1, 0.15) is 11.2 Å². The normalized spacial score (nSPS) is 16.7. The van der Waals surface area contributed by atoms with Crippen LogP contribution in [-0.2, 0) is 6.42 Å². The highest BCUT2D eigenvalue weighted by atomic mass is 16.3. The Balaban J connectivity index is 1.16. The summed E-state index contributed by atoms with van der Waals surface area (Å²) in [6, 6.07) is 69.3. The number of aliphatic imine (C=N–C) groups is 1. The second-order valence-corrected chi connectivity index (χ2v) is 16.9. The van der Waals surface area contributed by atoms with E-state index in [1.165, 1.54) is 82.3 Å². The molecule has 3 nitrogen and oxygen atoms in total. The van der Waals surface area contributed by atoms with Crippen LogP contribution in [0.4, 0.5) is 0 Å². The molecule has 4 heterocycles. The van der Waals surface area contributed by atoms with E-state index in [1.54, 1.807) is 0 Å². The Labute approximate surface area is 353 Å². The number of furan rings is 1. The van der Waals surface area contributed by atoms with E-state index < -0.39 is 0 Å². The van der Waals surface area contributed by atoms with Gasteiger partial charge in [0.05, 0.1) is 28.5 Å². The SMILES string of the molecule is c1ccc(-c2ccc(C3CCC/C(c4cccc5ccccc45)=C4/Cc5ccc6c7cc8ccccc8cc7n(c6c5)-c5cc6c(cc5C4=N3)oc3ccccc36)cc2)cc1. The number of rotatable bonds is 3. The minimum absolute atomic E-state index is 0.0302. The molecule has 0 saturated heterocycles. The van der Waals surface area contributed by atoms with Gasteiger partial charge >= 0.3 is 0 Å². The third-order valence-electron chi connectivity index (χ3n) is 13.4. The van der Waals surface area contributed by atoms with E-state index in [-0.39, 0.29) is 6.04 Å². The molecule has 13 rings (SSSR count). The van der Waals surface area contributed by atoms with Gasteiger partial charge in [-0.1, -0.05) is 152 Å². The number of benzene rings is 9. The summed E-state index contributed by atoms with van der Waals surface area (Å²) in [6.07, 6.45) is 3.67. The van der Waals surface area contributed by atoms with Crippen molar-refractivity contribution in [1.82, 2.24) is 4.57 Å². The molecular formula is C58H40N2O. The lowest BCUT2D eigenvalue weighted by molar-refractivity contribution is 0.618. The molecule has 0 radical (unpaired) electrons. The molecule has 11 aromatic rings. The second kappa shape index (κ2) is 13.5. The van der Waals surface area contributed by atoms with Gasteiger partial charge in [0.2, 0.25) is 0 Å². The first-order valence-electron chi connectivity index (χ1n) is 21.6. The molecule has 288 valence electrons. The van der Waals surface area contributed by atoms with Gasteiger partial charge in [-0.25, -0.2) is 0 Å². The fraction of sp³-hybridized carbons (Fsp3) is 0.0862. The number of para-hydroxylation sites is 1.